The fourth-order valence-corrected chi connectivity index (χ4v) is 1.39. The molecule has 2 N–H and O–H groups in total. The molecule has 1 aromatic heterocycles. The highest BCUT2D eigenvalue weighted by atomic mass is 19.4. The molecule has 0 spiro atoms. The molecule has 0 bridgehead atoms. The van der Waals surface area contributed by atoms with Gasteiger partial charge in [0.15, 0.2) is 0 Å². The Morgan fingerprint density at radius 2 is 1.84 bits per heavy atom. The third-order valence-electron chi connectivity index (χ3n) is 2.48. The molecule has 0 aliphatic heterocycles. The second-order valence-corrected chi connectivity index (χ2v) is 4.08. The summed E-state index contributed by atoms with van der Waals surface area (Å²) in [6, 6.07) is 1.98. The number of aromatic nitrogens is 1. The number of rotatable bonds is 6. The number of nitrogens with zero attached hydrogens (tertiary/aromatic N) is 1. The molecule has 0 amide bonds. The topological polar surface area (TPSA) is 46.2 Å². The number of hydrogen-bond acceptors (Lipinski definition) is 4. The minimum absolute atomic E-state index is 0.112. The number of anilines is 2. The van der Waals surface area contributed by atoms with Crippen molar-refractivity contribution in [2.24, 2.45) is 0 Å². The number of pyridine rings is 1. The molecule has 0 aliphatic carbocycles. The maximum absolute atomic E-state index is 12.7. The molecule has 108 valence electrons. The van der Waals surface area contributed by atoms with Gasteiger partial charge in [0.05, 0.1) is 11.7 Å². The third kappa shape index (κ3) is 4.94. The van der Waals surface area contributed by atoms with Crippen LogP contribution in [0.1, 0.15) is 19.4 Å². The van der Waals surface area contributed by atoms with Crippen LogP contribution >= 0.6 is 0 Å². The van der Waals surface area contributed by atoms with Gasteiger partial charge in [-0.15, -0.1) is 0 Å². The Morgan fingerprint density at radius 3 is 2.32 bits per heavy atom. The van der Waals surface area contributed by atoms with Crippen molar-refractivity contribution < 1.29 is 17.9 Å². The number of methoxy groups -OCH3 is 1. The molecule has 0 aromatic carbocycles. The van der Waals surface area contributed by atoms with Crippen LogP contribution in [-0.2, 0) is 10.9 Å². The molecule has 7 heteroatoms. The van der Waals surface area contributed by atoms with Gasteiger partial charge in [0.1, 0.15) is 11.6 Å². The predicted molar refractivity (Wildman–Crippen MR) is 68.4 cm³/mol. The first kappa shape index (κ1) is 15.6. The highest BCUT2D eigenvalue weighted by Gasteiger charge is 2.31. The van der Waals surface area contributed by atoms with Crippen LogP contribution in [0.15, 0.2) is 12.1 Å². The third-order valence-corrected chi connectivity index (χ3v) is 2.48. The summed E-state index contributed by atoms with van der Waals surface area (Å²) < 4.78 is 43.3. The monoisotopic (exact) mass is 277 g/mol. The highest BCUT2D eigenvalue weighted by molar-refractivity contribution is 5.49. The van der Waals surface area contributed by atoms with Gasteiger partial charge < -0.3 is 15.4 Å². The standard InChI is InChI=1S/C12H18F3N3O/c1-4-16-10-5-9(12(13,14)15)6-11(18-10)17-7-8(2)19-3/h5-6,8H,4,7H2,1-3H3,(H2,16,17,18). The molecular weight excluding hydrogens is 259 g/mol. The van der Waals surface area contributed by atoms with Gasteiger partial charge in [-0.2, -0.15) is 13.2 Å². The van der Waals surface area contributed by atoms with E-state index in [9.17, 15) is 13.2 Å². The summed E-state index contributed by atoms with van der Waals surface area (Å²) in [6.45, 7) is 4.49. The summed E-state index contributed by atoms with van der Waals surface area (Å²) in [4.78, 5) is 4.07. The molecule has 0 saturated heterocycles. The molecular formula is C12H18F3N3O. The van der Waals surface area contributed by atoms with Crippen LogP contribution in [-0.4, -0.2) is 31.3 Å². The van der Waals surface area contributed by atoms with Crippen LogP contribution in [0.25, 0.3) is 0 Å². The van der Waals surface area contributed by atoms with Gasteiger partial charge in [0.2, 0.25) is 0 Å². The molecule has 1 rings (SSSR count). The molecule has 19 heavy (non-hydrogen) atoms. The smallest absolute Gasteiger partial charge is 0.380 e. The van der Waals surface area contributed by atoms with Gasteiger partial charge in [0, 0.05) is 20.2 Å². The van der Waals surface area contributed by atoms with Crippen molar-refractivity contribution >= 4 is 11.6 Å². The summed E-state index contributed by atoms with van der Waals surface area (Å²) in [5.41, 5.74) is -0.731. The van der Waals surface area contributed by atoms with Gasteiger partial charge in [-0.1, -0.05) is 0 Å². The van der Waals surface area contributed by atoms with E-state index in [1.165, 1.54) is 7.11 Å². The zero-order valence-corrected chi connectivity index (χ0v) is 11.1. The van der Waals surface area contributed by atoms with E-state index in [4.69, 9.17) is 4.74 Å². The van der Waals surface area contributed by atoms with Crippen molar-refractivity contribution in [3.63, 3.8) is 0 Å². The molecule has 0 aliphatic rings. The maximum atomic E-state index is 12.7. The van der Waals surface area contributed by atoms with Crippen molar-refractivity contribution in [1.82, 2.24) is 4.98 Å². The average Bonchev–Trinajstić information content (AvgIpc) is 2.35. The first-order valence-electron chi connectivity index (χ1n) is 5.96. The molecule has 4 nitrogen and oxygen atoms in total. The van der Waals surface area contributed by atoms with E-state index in [0.717, 1.165) is 12.1 Å². The average molecular weight is 277 g/mol. The number of nitrogens with one attached hydrogen (secondary N) is 2. The van der Waals surface area contributed by atoms with E-state index in [-0.39, 0.29) is 17.7 Å². The fraction of sp³-hybridized carbons (Fsp3) is 0.583. The van der Waals surface area contributed by atoms with Crippen LogP contribution in [0.3, 0.4) is 0 Å². The Hall–Kier alpha value is -1.50. The Bertz CT molecular complexity index is 410. The van der Waals surface area contributed by atoms with E-state index in [1.54, 1.807) is 6.92 Å². The quantitative estimate of drug-likeness (QED) is 0.839. The van der Waals surface area contributed by atoms with Crippen LogP contribution in [0.5, 0.6) is 0 Å². The lowest BCUT2D eigenvalue weighted by Crippen LogP contribution is -2.19. The number of hydrogen-bond donors (Lipinski definition) is 2. The Morgan fingerprint density at radius 1 is 1.26 bits per heavy atom. The molecule has 1 aromatic rings. The predicted octanol–water partition coefficient (Wildman–Crippen LogP) is 2.98. The summed E-state index contributed by atoms with van der Waals surface area (Å²) in [5, 5.41) is 5.61. The summed E-state index contributed by atoms with van der Waals surface area (Å²) >= 11 is 0. The van der Waals surface area contributed by atoms with Crippen molar-refractivity contribution in [2.45, 2.75) is 26.1 Å². The number of halogens is 3. The molecule has 0 fully saturated rings. The van der Waals surface area contributed by atoms with Crippen molar-refractivity contribution in [3.05, 3.63) is 17.7 Å². The summed E-state index contributed by atoms with van der Waals surface area (Å²) in [6.07, 6.45) is -4.50. The Labute approximate surface area is 110 Å². The Balaban J connectivity index is 2.93. The van der Waals surface area contributed by atoms with E-state index in [1.807, 2.05) is 6.92 Å². The van der Waals surface area contributed by atoms with Gasteiger partial charge in [-0.3, -0.25) is 0 Å². The van der Waals surface area contributed by atoms with Crippen molar-refractivity contribution in [2.75, 3.05) is 30.8 Å². The molecule has 1 heterocycles. The first-order chi connectivity index (χ1) is 8.86. The minimum atomic E-state index is -4.39. The lowest BCUT2D eigenvalue weighted by atomic mass is 10.2. The summed E-state index contributed by atoms with van der Waals surface area (Å²) in [7, 11) is 1.54. The molecule has 0 saturated carbocycles. The second kappa shape index (κ2) is 6.60. The first-order valence-corrected chi connectivity index (χ1v) is 5.96. The number of alkyl halides is 3. The Kier molecular flexibility index (Phi) is 5.41. The zero-order valence-electron chi connectivity index (χ0n) is 11.1. The van der Waals surface area contributed by atoms with Crippen LogP contribution in [0.4, 0.5) is 24.8 Å². The lowest BCUT2D eigenvalue weighted by molar-refractivity contribution is -0.137. The van der Waals surface area contributed by atoms with Crippen molar-refractivity contribution in [3.8, 4) is 0 Å². The van der Waals surface area contributed by atoms with E-state index >= 15 is 0 Å². The van der Waals surface area contributed by atoms with Crippen LogP contribution in [0, 0.1) is 0 Å². The SMILES string of the molecule is CCNc1cc(C(F)(F)F)cc(NCC(C)OC)n1. The van der Waals surface area contributed by atoms with Crippen LogP contribution in [0.2, 0.25) is 0 Å². The van der Waals surface area contributed by atoms with Crippen molar-refractivity contribution in [1.29, 1.82) is 0 Å². The second-order valence-electron chi connectivity index (χ2n) is 4.08. The largest absolute Gasteiger partial charge is 0.416 e. The van der Waals surface area contributed by atoms with Gasteiger partial charge in [0.25, 0.3) is 0 Å². The highest BCUT2D eigenvalue weighted by Crippen LogP contribution is 2.32. The maximum Gasteiger partial charge on any atom is 0.416 e. The van der Waals surface area contributed by atoms with E-state index in [0.29, 0.717) is 13.1 Å². The normalized spacial score (nSPS) is 13.2. The minimum Gasteiger partial charge on any atom is -0.380 e. The zero-order chi connectivity index (χ0) is 14.5. The fourth-order valence-electron chi connectivity index (χ4n) is 1.39. The lowest BCUT2D eigenvalue weighted by Gasteiger charge is -2.15. The summed E-state index contributed by atoms with van der Waals surface area (Å²) in [5.74, 6) is 0.375. The van der Waals surface area contributed by atoms with Gasteiger partial charge >= 0.3 is 6.18 Å². The molecule has 1 atom stereocenters. The van der Waals surface area contributed by atoms with Gasteiger partial charge in [-0.25, -0.2) is 4.98 Å². The van der Waals surface area contributed by atoms with Crippen LogP contribution < -0.4 is 10.6 Å². The van der Waals surface area contributed by atoms with E-state index in [2.05, 4.69) is 15.6 Å². The molecule has 0 radical (unpaired) electrons. The number of ether oxygens (including phenoxy) is 1. The van der Waals surface area contributed by atoms with E-state index < -0.39 is 11.7 Å². The van der Waals surface area contributed by atoms with Gasteiger partial charge in [-0.05, 0) is 26.0 Å². The molecule has 1 unspecified atom stereocenters.